The molecule has 7 nitrogen and oxygen atoms in total. The van der Waals surface area contributed by atoms with Crippen molar-refractivity contribution < 1.29 is 14.3 Å². The molecule has 0 saturated carbocycles. The highest BCUT2D eigenvalue weighted by Gasteiger charge is 2.38. The van der Waals surface area contributed by atoms with Gasteiger partial charge in [0.1, 0.15) is 11.4 Å². The zero-order valence-electron chi connectivity index (χ0n) is 15.7. The van der Waals surface area contributed by atoms with Gasteiger partial charge in [-0.3, -0.25) is 14.6 Å². The predicted molar refractivity (Wildman–Crippen MR) is 103 cm³/mol. The summed E-state index contributed by atoms with van der Waals surface area (Å²) in [7, 11) is 0. The molecule has 3 fully saturated rings. The highest BCUT2D eigenvalue weighted by Crippen LogP contribution is 2.29. The molecule has 0 aliphatic carbocycles. The molecule has 0 N–H and O–H groups in total. The average Bonchev–Trinajstić information content (AvgIpc) is 3.07. The van der Waals surface area contributed by atoms with E-state index in [9.17, 15) is 9.59 Å². The number of carbonyl (C=O) groups is 2. The number of hydrogen-bond acceptors (Lipinski definition) is 5. The number of nitrogens with zero attached hydrogens (tertiary/aromatic N) is 4. The van der Waals surface area contributed by atoms with Gasteiger partial charge >= 0.3 is 0 Å². The lowest BCUT2D eigenvalue weighted by Crippen LogP contribution is -2.48. The zero-order chi connectivity index (χ0) is 19.3. The summed E-state index contributed by atoms with van der Waals surface area (Å²) in [6.07, 6.45) is 6.90. The molecule has 0 radical (unpaired) electrons. The van der Waals surface area contributed by atoms with Crippen molar-refractivity contribution in [3.05, 3.63) is 54.6 Å². The maximum absolute atomic E-state index is 12.8. The fourth-order valence-electron chi connectivity index (χ4n) is 4.04. The van der Waals surface area contributed by atoms with E-state index in [2.05, 4.69) is 9.97 Å². The van der Waals surface area contributed by atoms with Crippen molar-refractivity contribution in [2.75, 3.05) is 26.2 Å². The smallest absolute Gasteiger partial charge is 0.274 e. The Hall–Kier alpha value is -2.96. The van der Waals surface area contributed by atoms with Gasteiger partial charge in [0.25, 0.3) is 5.91 Å². The van der Waals surface area contributed by atoms with Crippen molar-refractivity contribution in [2.45, 2.75) is 25.3 Å². The third-order valence-corrected chi connectivity index (χ3v) is 5.43. The molecule has 3 aliphatic rings. The normalized spacial score (nSPS) is 21.3. The third-order valence-electron chi connectivity index (χ3n) is 5.43. The molecule has 28 heavy (non-hydrogen) atoms. The summed E-state index contributed by atoms with van der Waals surface area (Å²) >= 11 is 0. The van der Waals surface area contributed by atoms with E-state index >= 15 is 0 Å². The number of rotatable bonds is 5. The van der Waals surface area contributed by atoms with Gasteiger partial charge in [0.2, 0.25) is 5.91 Å². The number of carbonyl (C=O) groups excluding carboxylic acids is 2. The van der Waals surface area contributed by atoms with Crippen LogP contribution >= 0.6 is 0 Å². The van der Waals surface area contributed by atoms with Crippen LogP contribution in [0.1, 0.15) is 29.8 Å². The number of fused-ring (bicyclic) bond motifs is 4. The third kappa shape index (κ3) is 4.13. The number of benzene rings is 1. The zero-order valence-corrected chi connectivity index (χ0v) is 15.7. The number of piperidine rings is 1. The van der Waals surface area contributed by atoms with Crippen LogP contribution in [0, 0.1) is 5.92 Å². The van der Waals surface area contributed by atoms with E-state index in [1.165, 1.54) is 12.4 Å². The van der Waals surface area contributed by atoms with Gasteiger partial charge in [-0.25, -0.2) is 4.98 Å². The fourth-order valence-corrected chi connectivity index (χ4v) is 4.04. The number of hydrogen-bond donors (Lipinski definition) is 0. The summed E-state index contributed by atoms with van der Waals surface area (Å²) < 4.78 is 5.67. The molecule has 2 amide bonds. The van der Waals surface area contributed by atoms with Crippen LogP contribution in [0.4, 0.5) is 0 Å². The topological polar surface area (TPSA) is 75.6 Å². The molecule has 4 heterocycles. The summed E-state index contributed by atoms with van der Waals surface area (Å²) in [6, 6.07) is 9.58. The Morgan fingerprint density at radius 3 is 2.71 bits per heavy atom. The van der Waals surface area contributed by atoms with Crippen LogP contribution < -0.4 is 4.74 Å². The molecule has 0 unspecified atom stereocenters. The maximum Gasteiger partial charge on any atom is 0.274 e. The molecule has 1 aromatic heterocycles. The minimum Gasteiger partial charge on any atom is -0.493 e. The Kier molecular flexibility index (Phi) is 5.50. The lowest BCUT2D eigenvalue weighted by Gasteiger charge is -2.36. The Balaban J connectivity index is 1.36. The van der Waals surface area contributed by atoms with E-state index in [4.69, 9.17) is 4.74 Å². The molecule has 146 valence electrons. The van der Waals surface area contributed by atoms with Crippen LogP contribution in [0.2, 0.25) is 0 Å². The van der Waals surface area contributed by atoms with Gasteiger partial charge in [-0.2, -0.15) is 0 Å². The van der Waals surface area contributed by atoms with E-state index < -0.39 is 0 Å². The van der Waals surface area contributed by atoms with Crippen molar-refractivity contribution in [2.24, 2.45) is 5.92 Å². The Morgan fingerprint density at radius 2 is 1.93 bits per heavy atom. The van der Waals surface area contributed by atoms with Gasteiger partial charge in [-0.1, -0.05) is 18.2 Å². The standard InChI is InChI=1S/C21H24N4O3/c26-20(8-11-28-18-4-2-1-3-5-18)25-14-16-6-7-17(25)15-24(13-16)21(27)19-12-22-9-10-23-19/h1-5,9-10,12,16-17H,6-8,11,13-15H2/t16-,17+/m0/s1. The molecule has 2 bridgehead atoms. The summed E-state index contributed by atoms with van der Waals surface area (Å²) in [5, 5.41) is 0. The van der Waals surface area contributed by atoms with Gasteiger partial charge < -0.3 is 14.5 Å². The molecule has 1 aromatic carbocycles. The first-order valence-electron chi connectivity index (χ1n) is 9.73. The van der Waals surface area contributed by atoms with Gasteiger partial charge in [-0.05, 0) is 30.9 Å². The lowest BCUT2D eigenvalue weighted by molar-refractivity contribution is -0.135. The predicted octanol–water partition coefficient (Wildman–Crippen LogP) is 2.01. The SMILES string of the molecule is O=C(c1cnccn1)N1C[C@@H]2CC[C@H](C1)N(C(=O)CCOc1ccccc1)C2. The molecular formula is C21H24N4O3. The van der Waals surface area contributed by atoms with E-state index in [1.807, 2.05) is 40.1 Å². The van der Waals surface area contributed by atoms with Crippen molar-refractivity contribution in [1.29, 1.82) is 0 Å². The minimum absolute atomic E-state index is 0.0589. The van der Waals surface area contributed by atoms with E-state index in [1.54, 1.807) is 6.20 Å². The molecular weight excluding hydrogens is 356 g/mol. The van der Waals surface area contributed by atoms with Gasteiger partial charge in [0, 0.05) is 38.1 Å². The number of amides is 2. The second-order valence-electron chi connectivity index (χ2n) is 7.36. The van der Waals surface area contributed by atoms with Crippen molar-refractivity contribution >= 4 is 11.8 Å². The van der Waals surface area contributed by atoms with Gasteiger partial charge in [-0.15, -0.1) is 0 Å². The molecule has 0 spiro atoms. The van der Waals surface area contributed by atoms with Crippen molar-refractivity contribution in [3.8, 4) is 5.75 Å². The first-order chi connectivity index (χ1) is 13.7. The molecule has 3 saturated heterocycles. The monoisotopic (exact) mass is 380 g/mol. The summed E-state index contributed by atoms with van der Waals surface area (Å²) in [4.78, 5) is 37.5. The van der Waals surface area contributed by atoms with Crippen LogP contribution in [0.3, 0.4) is 0 Å². The minimum atomic E-state index is -0.105. The molecule has 5 rings (SSSR count). The number of para-hydroxylation sites is 1. The Bertz CT molecular complexity index is 815. The fraction of sp³-hybridized carbons (Fsp3) is 0.429. The van der Waals surface area contributed by atoms with E-state index in [-0.39, 0.29) is 17.9 Å². The van der Waals surface area contributed by atoms with E-state index in [0.717, 1.165) is 18.6 Å². The summed E-state index contributed by atoms with van der Waals surface area (Å²) in [5.41, 5.74) is 0.359. The second kappa shape index (κ2) is 8.37. The van der Waals surface area contributed by atoms with Crippen LogP contribution in [0.15, 0.2) is 48.9 Å². The van der Waals surface area contributed by atoms with Gasteiger partial charge in [0.05, 0.1) is 19.2 Å². The summed E-state index contributed by atoms with van der Waals surface area (Å²) in [5.74, 6) is 1.07. The molecule has 3 aliphatic heterocycles. The highest BCUT2D eigenvalue weighted by atomic mass is 16.5. The van der Waals surface area contributed by atoms with Crippen LogP contribution in [-0.4, -0.2) is 63.9 Å². The largest absolute Gasteiger partial charge is 0.493 e. The average molecular weight is 380 g/mol. The van der Waals surface area contributed by atoms with Gasteiger partial charge in [0.15, 0.2) is 0 Å². The number of ether oxygens (including phenoxy) is 1. The Morgan fingerprint density at radius 1 is 1.07 bits per heavy atom. The lowest BCUT2D eigenvalue weighted by atomic mass is 9.95. The molecule has 7 heteroatoms. The van der Waals surface area contributed by atoms with Crippen molar-refractivity contribution in [1.82, 2.24) is 19.8 Å². The quantitative estimate of drug-likeness (QED) is 0.793. The van der Waals surface area contributed by atoms with Crippen LogP contribution in [0.5, 0.6) is 5.75 Å². The maximum atomic E-state index is 12.8. The number of aromatic nitrogens is 2. The molecule has 2 aromatic rings. The van der Waals surface area contributed by atoms with Crippen molar-refractivity contribution in [3.63, 3.8) is 0 Å². The first kappa shape index (κ1) is 18.4. The summed E-state index contributed by atoms with van der Waals surface area (Å²) in [6.45, 7) is 2.28. The second-order valence-corrected chi connectivity index (χ2v) is 7.36. The highest BCUT2D eigenvalue weighted by molar-refractivity contribution is 5.92. The van der Waals surface area contributed by atoms with E-state index in [0.29, 0.717) is 44.3 Å². The van der Waals surface area contributed by atoms with Crippen LogP contribution in [0.25, 0.3) is 0 Å². The molecule has 2 atom stereocenters. The first-order valence-corrected chi connectivity index (χ1v) is 9.73. The van der Waals surface area contributed by atoms with Crippen LogP contribution in [-0.2, 0) is 4.79 Å². The Labute approximate surface area is 164 Å².